The van der Waals surface area contributed by atoms with Crippen LogP contribution in [0, 0.1) is 0 Å². The molecule has 0 aliphatic carbocycles. The first-order valence-electron chi connectivity index (χ1n) is 7.99. The van der Waals surface area contributed by atoms with Gasteiger partial charge in [-0.15, -0.1) is 23.2 Å². The summed E-state index contributed by atoms with van der Waals surface area (Å²) in [6.45, 7) is 1.46. The second-order valence-corrected chi connectivity index (χ2v) is 6.11. The summed E-state index contributed by atoms with van der Waals surface area (Å²) in [4.78, 5) is 17.8. The van der Waals surface area contributed by atoms with E-state index in [0.717, 1.165) is 35.6 Å². The molecule has 1 aromatic heterocycles. The van der Waals surface area contributed by atoms with Gasteiger partial charge in [-0.2, -0.15) is 0 Å². The molecule has 5 nitrogen and oxygen atoms in total. The van der Waals surface area contributed by atoms with E-state index in [-0.39, 0.29) is 6.42 Å². The Kier molecular flexibility index (Phi) is 6.00. The average molecular weight is 359 g/mol. The van der Waals surface area contributed by atoms with Crippen LogP contribution < -0.4 is 4.90 Å². The summed E-state index contributed by atoms with van der Waals surface area (Å²) in [5, 5.41) is 3.92. The molecule has 7 heteroatoms. The van der Waals surface area contributed by atoms with Crippen molar-refractivity contribution >= 4 is 45.9 Å². The normalized spacial score (nSPS) is 11.5. The molecule has 126 valence electrons. The number of fused-ring (bicyclic) bond motifs is 1. The zero-order valence-corrected chi connectivity index (χ0v) is 14.6. The summed E-state index contributed by atoms with van der Waals surface area (Å²) in [7, 11) is 1.96. The molecule has 23 heavy (non-hydrogen) atoms. The van der Waals surface area contributed by atoms with Gasteiger partial charge in [0.2, 0.25) is 0 Å². The lowest BCUT2D eigenvalue weighted by Gasteiger charge is -2.22. The van der Waals surface area contributed by atoms with Gasteiger partial charge < -0.3 is 14.6 Å². The number of hydrogen-bond donors (Lipinski definition) is 1. The monoisotopic (exact) mass is 358 g/mol. The largest absolute Gasteiger partial charge is 0.481 e. The van der Waals surface area contributed by atoms with Gasteiger partial charge in [0, 0.05) is 50.4 Å². The predicted octanol–water partition coefficient (Wildman–Crippen LogP) is 3.26. The Bertz CT molecular complexity index is 687. The zero-order chi connectivity index (χ0) is 17.5. The van der Waals surface area contributed by atoms with E-state index >= 15 is 0 Å². The lowest BCUT2D eigenvalue weighted by atomic mass is 10.2. The molecule has 2 rings (SSSR count). The number of anilines is 1. The minimum absolute atomic E-state index is 0.219. The number of aliphatic carboxylic acids is 1. The first-order valence-corrected chi connectivity index (χ1v) is 8.65. The van der Waals surface area contributed by atoms with E-state index in [0.29, 0.717) is 24.6 Å². The minimum Gasteiger partial charge on any atom is -0.481 e. The first-order chi connectivity index (χ1) is 11.6. The average Bonchev–Trinajstić information content (AvgIpc) is 2.90. The fourth-order valence-electron chi connectivity index (χ4n) is 2.62. The quantitative estimate of drug-likeness (QED) is 0.699. The van der Waals surface area contributed by atoms with Crippen LogP contribution in [0.25, 0.3) is 12.5 Å². The van der Waals surface area contributed by atoms with E-state index in [1.165, 1.54) is 0 Å². The first kappa shape index (κ1) is 16.4. The standard InChI is InChI=1S/C16H21Cl2N3O2/c1-20-14-6-5-12(21(9-7-17)10-8-18)11-13(14)19-15(20)3-2-4-16(22)23/h5-6,11H,2-4,7-10H2,1H3,(H,22,23)/i/hD. The summed E-state index contributed by atoms with van der Waals surface area (Å²) >= 11 is 11.7. The van der Waals surface area contributed by atoms with Gasteiger partial charge in [-0.3, -0.25) is 4.79 Å². The number of carboxylic acids is 1. The molecule has 0 saturated carbocycles. The fourth-order valence-corrected chi connectivity index (χ4v) is 3.03. The SMILES string of the molecule is [2H]OC(=O)CCCc1nc2cc(N(CCCl)CCCl)ccc2n1C. The highest BCUT2D eigenvalue weighted by Crippen LogP contribution is 2.23. The van der Waals surface area contributed by atoms with E-state index in [1.54, 1.807) is 0 Å². The number of aryl methyl sites for hydroxylation is 2. The number of hydrogen-bond acceptors (Lipinski definition) is 4. The molecule has 2 aromatic rings. The van der Waals surface area contributed by atoms with Crippen molar-refractivity contribution in [1.29, 1.82) is 1.43 Å². The van der Waals surface area contributed by atoms with Crippen molar-refractivity contribution in [2.75, 3.05) is 29.7 Å². The van der Waals surface area contributed by atoms with E-state index < -0.39 is 5.97 Å². The van der Waals surface area contributed by atoms with Gasteiger partial charge in [-0.25, -0.2) is 4.98 Å². The van der Waals surface area contributed by atoms with Gasteiger partial charge in [0.15, 0.2) is 0 Å². The third kappa shape index (κ3) is 4.52. The second kappa shape index (κ2) is 8.41. The van der Waals surface area contributed by atoms with Gasteiger partial charge >= 0.3 is 5.97 Å². The highest BCUT2D eigenvalue weighted by Gasteiger charge is 2.11. The van der Waals surface area contributed by atoms with E-state index in [1.807, 2.05) is 29.8 Å². The Morgan fingerprint density at radius 3 is 2.78 bits per heavy atom. The van der Waals surface area contributed by atoms with Crippen LogP contribution in [0.4, 0.5) is 5.69 Å². The minimum atomic E-state index is -0.520. The Morgan fingerprint density at radius 2 is 2.13 bits per heavy atom. The molecule has 0 bridgehead atoms. The van der Waals surface area contributed by atoms with Crippen molar-refractivity contribution in [3.63, 3.8) is 0 Å². The van der Waals surface area contributed by atoms with Crippen LogP contribution in [0.5, 0.6) is 0 Å². The zero-order valence-electron chi connectivity index (χ0n) is 14.1. The van der Waals surface area contributed by atoms with Crippen molar-refractivity contribution in [2.24, 2.45) is 7.05 Å². The second-order valence-electron chi connectivity index (χ2n) is 5.35. The van der Waals surface area contributed by atoms with Gasteiger partial charge in [0.25, 0.3) is 1.43 Å². The molecule has 0 spiro atoms. The van der Waals surface area contributed by atoms with Crippen LogP contribution in [-0.4, -0.2) is 45.5 Å². The number of benzene rings is 1. The number of nitrogens with zero attached hydrogens (tertiary/aromatic N) is 3. The summed E-state index contributed by atoms with van der Waals surface area (Å²) in [6.07, 6.45) is 1.48. The molecule has 0 aliphatic heterocycles. The van der Waals surface area contributed by atoms with E-state index in [2.05, 4.69) is 15.0 Å². The Morgan fingerprint density at radius 1 is 1.39 bits per heavy atom. The van der Waals surface area contributed by atoms with Crippen molar-refractivity contribution in [3.8, 4) is 0 Å². The Labute approximate surface area is 147 Å². The third-order valence-corrected chi connectivity index (χ3v) is 4.15. The number of rotatable bonds is 9. The third-order valence-electron chi connectivity index (χ3n) is 3.81. The summed E-state index contributed by atoms with van der Waals surface area (Å²) < 4.78 is 8.59. The predicted molar refractivity (Wildman–Crippen MR) is 94.9 cm³/mol. The smallest absolute Gasteiger partial charge is 0.303 e. The lowest BCUT2D eigenvalue weighted by molar-refractivity contribution is -0.137. The molecule has 0 fully saturated rings. The molecule has 1 heterocycles. The molecular formula is C16H21Cl2N3O2. The maximum absolute atomic E-state index is 11.0. The van der Waals surface area contributed by atoms with Crippen LogP contribution in [0.3, 0.4) is 0 Å². The molecule has 0 aliphatic rings. The maximum Gasteiger partial charge on any atom is 0.303 e. The molecule has 0 radical (unpaired) electrons. The van der Waals surface area contributed by atoms with E-state index in [9.17, 15) is 4.79 Å². The maximum atomic E-state index is 11.0. The highest BCUT2D eigenvalue weighted by molar-refractivity contribution is 6.18. The topological polar surface area (TPSA) is 58.4 Å². The molecule has 1 aromatic carbocycles. The number of carboxylic acid groups (broad SMARTS) is 1. The molecular weight excluding hydrogens is 337 g/mol. The Hall–Kier alpha value is -1.46. The van der Waals surface area contributed by atoms with Gasteiger partial charge in [-0.1, -0.05) is 0 Å². The van der Waals surface area contributed by atoms with Crippen LogP contribution in [0.1, 0.15) is 18.7 Å². The van der Waals surface area contributed by atoms with Gasteiger partial charge in [0.1, 0.15) is 5.82 Å². The number of alkyl halides is 2. The van der Waals surface area contributed by atoms with Crippen molar-refractivity contribution in [1.82, 2.24) is 9.55 Å². The van der Waals surface area contributed by atoms with Crippen LogP contribution in [-0.2, 0) is 18.3 Å². The summed E-state index contributed by atoms with van der Waals surface area (Å²) in [5.74, 6) is 1.46. The van der Waals surface area contributed by atoms with Gasteiger partial charge in [0.05, 0.1) is 11.0 Å². The number of carbonyl (C=O) groups is 1. The molecule has 0 saturated heterocycles. The number of halogens is 2. The van der Waals surface area contributed by atoms with E-state index in [4.69, 9.17) is 24.6 Å². The summed E-state index contributed by atoms with van der Waals surface area (Å²) in [5.41, 5.74) is 2.99. The summed E-state index contributed by atoms with van der Waals surface area (Å²) in [6, 6.07) is 6.12. The highest BCUT2D eigenvalue weighted by atomic mass is 35.5. The van der Waals surface area contributed by atoms with Crippen LogP contribution in [0.2, 0.25) is 0 Å². The van der Waals surface area contributed by atoms with Crippen molar-refractivity contribution < 1.29 is 9.90 Å². The van der Waals surface area contributed by atoms with Crippen LogP contribution in [0.15, 0.2) is 18.2 Å². The molecule has 0 atom stereocenters. The number of imidazole rings is 1. The molecule has 0 unspecified atom stereocenters. The number of aromatic nitrogens is 2. The van der Waals surface area contributed by atoms with Gasteiger partial charge in [-0.05, 0) is 24.6 Å². The van der Waals surface area contributed by atoms with Crippen molar-refractivity contribution in [2.45, 2.75) is 19.3 Å². The Balaban J connectivity index is 2.18. The molecule has 0 amide bonds. The fraction of sp³-hybridized carbons (Fsp3) is 0.500. The van der Waals surface area contributed by atoms with Crippen LogP contribution >= 0.6 is 23.2 Å². The lowest BCUT2D eigenvalue weighted by Crippen LogP contribution is -2.27. The molecule has 1 N–H and O–H groups in total. The van der Waals surface area contributed by atoms with Crippen molar-refractivity contribution in [3.05, 3.63) is 24.0 Å².